The van der Waals surface area contributed by atoms with Crippen LogP contribution in [0.1, 0.15) is 36.2 Å². The fraction of sp³-hybridized carbons (Fsp3) is 0.368. The van der Waals surface area contributed by atoms with Gasteiger partial charge in [0.15, 0.2) is 23.0 Å². The van der Waals surface area contributed by atoms with Gasteiger partial charge in [-0.25, -0.2) is 13.9 Å². The molecule has 0 unspecified atom stereocenters. The van der Waals surface area contributed by atoms with Gasteiger partial charge in [-0.1, -0.05) is 0 Å². The van der Waals surface area contributed by atoms with E-state index in [2.05, 4.69) is 30.6 Å². The minimum atomic E-state index is -0.591. The Morgan fingerprint density at radius 3 is 2.75 bits per heavy atom. The largest absolute Gasteiger partial charge is 0.379 e. The Labute approximate surface area is 160 Å². The molecule has 8 nitrogen and oxygen atoms in total. The third-order valence-electron chi connectivity index (χ3n) is 5.08. The highest BCUT2D eigenvalue weighted by Crippen LogP contribution is 2.30. The minimum absolute atomic E-state index is 0.0713. The summed E-state index contributed by atoms with van der Waals surface area (Å²) in [6.07, 6.45) is 8.47. The maximum Gasteiger partial charge on any atom is 0.276 e. The number of rotatable bonds is 5. The van der Waals surface area contributed by atoms with Gasteiger partial charge in [-0.15, -0.1) is 5.10 Å². The predicted molar refractivity (Wildman–Crippen MR) is 103 cm³/mol. The summed E-state index contributed by atoms with van der Waals surface area (Å²) in [6.45, 7) is 1.89. The molecule has 2 aliphatic rings. The van der Waals surface area contributed by atoms with Crippen LogP contribution in [0.25, 0.3) is 5.65 Å². The van der Waals surface area contributed by atoms with E-state index in [9.17, 15) is 9.18 Å². The number of hydrogen-bond acceptors (Lipinski definition) is 6. The Bertz CT molecular complexity index is 1040. The first-order valence-electron chi connectivity index (χ1n) is 9.50. The summed E-state index contributed by atoms with van der Waals surface area (Å²) in [4.78, 5) is 23.1. The van der Waals surface area contributed by atoms with Crippen LogP contribution in [0.15, 0.2) is 30.7 Å². The second-order valence-electron chi connectivity index (χ2n) is 7.22. The molecule has 1 amide bonds. The van der Waals surface area contributed by atoms with E-state index < -0.39 is 11.7 Å². The molecule has 5 rings (SSSR count). The van der Waals surface area contributed by atoms with Gasteiger partial charge in [0.1, 0.15) is 0 Å². The Morgan fingerprint density at radius 2 is 2.00 bits per heavy atom. The molecule has 1 aliphatic heterocycles. The van der Waals surface area contributed by atoms with Crippen LogP contribution in [0.5, 0.6) is 0 Å². The van der Waals surface area contributed by atoms with Crippen molar-refractivity contribution in [3.8, 4) is 0 Å². The smallest absolute Gasteiger partial charge is 0.276 e. The minimum Gasteiger partial charge on any atom is -0.379 e. The zero-order chi connectivity index (χ0) is 19.1. The Hall–Kier alpha value is -3.23. The summed E-state index contributed by atoms with van der Waals surface area (Å²) in [5, 5.41) is 10.7. The molecular formula is C19H20FN7O. The van der Waals surface area contributed by atoms with Crippen molar-refractivity contribution in [1.29, 1.82) is 0 Å². The molecule has 3 aromatic rings. The second kappa shape index (κ2) is 6.74. The summed E-state index contributed by atoms with van der Waals surface area (Å²) >= 11 is 0. The molecule has 9 heteroatoms. The molecule has 1 saturated carbocycles. The number of pyridine rings is 1. The predicted octanol–water partition coefficient (Wildman–Crippen LogP) is 2.69. The van der Waals surface area contributed by atoms with Crippen molar-refractivity contribution in [2.75, 3.05) is 28.6 Å². The van der Waals surface area contributed by atoms with E-state index in [4.69, 9.17) is 0 Å². The van der Waals surface area contributed by atoms with Crippen molar-refractivity contribution in [2.24, 2.45) is 0 Å². The maximum atomic E-state index is 13.9. The van der Waals surface area contributed by atoms with E-state index in [1.54, 1.807) is 4.52 Å². The lowest BCUT2D eigenvalue weighted by Crippen LogP contribution is -2.22. The van der Waals surface area contributed by atoms with Crippen LogP contribution in [0.2, 0.25) is 0 Å². The van der Waals surface area contributed by atoms with E-state index in [0.717, 1.165) is 56.5 Å². The van der Waals surface area contributed by atoms with Crippen molar-refractivity contribution < 1.29 is 9.18 Å². The second-order valence-corrected chi connectivity index (χ2v) is 7.22. The quantitative estimate of drug-likeness (QED) is 0.707. The van der Waals surface area contributed by atoms with E-state index in [-0.39, 0.29) is 11.4 Å². The molecule has 0 bridgehead atoms. The molecule has 1 saturated heterocycles. The number of nitrogens with zero attached hydrogens (tertiary/aromatic N) is 5. The number of imidazole rings is 1. The molecule has 3 aromatic heterocycles. The number of halogens is 1. The summed E-state index contributed by atoms with van der Waals surface area (Å²) in [6, 6.07) is 3.87. The summed E-state index contributed by atoms with van der Waals surface area (Å²) in [7, 11) is 0. The first-order valence-corrected chi connectivity index (χ1v) is 9.50. The molecule has 0 spiro atoms. The molecule has 0 radical (unpaired) electrons. The van der Waals surface area contributed by atoms with E-state index in [0.29, 0.717) is 11.7 Å². The molecule has 28 heavy (non-hydrogen) atoms. The van der Waals surface area contributed by atoms with E-state index in [1.807, 2.05) is 6.07 Å². The lowest BCUT2D eigenvalue weighted by molar-refractivity contribution is 0.102. The number of fused-ring (bicyclic) bond motifs is 1. The van der Waals surface area contributed by atoms with Gasteiger partial charge in [-0.2, -0.15) is 0 Å². The van der Waals surface area contributed by atoms with E-state index in [1.165, 1.54) is 18.5 Å². The van der Waals surface area contributed by atoms with Gasteiger partial charge >= 0.3 is 0 Å². The van der Waals surface area contributed by atoms with Crippen molar-refractivity contribution in [1.82, 2.24) is 19.6 Å². The molecular weight excluding hydrogens is 361 g/mol. The highest BCUT2D eigenvalue weighted by molar-refractivity contribution is 6.03. The molecule has 0 atom stereocenters. The summed E-state index contributed by atoms with van der Waals surface area (Å²) < 4.78 is 15.4. The molecule has 1 aliphatic carbocycles. The number of nitrogens with one attached hydrogen (secondary N) is 2. The average molecular weight is 381 g/mol. The molecule has 2 N–H and O–H groups in total. The van der Waals surface area contributed by atoms with Gasteiger partial charge < -0.3 is 15.5 Å². The first-order chi connectivity index (χ1) is 13.7. The topological polar surface area (TPSA) is 87.4 Å². The van der Waals surface area contributed by atoms with Gasteiger partial charge in [-0.05, 0) is 31.7 Å². The highest BCUT2D eigenvalue weighted by Gasteiger charge is 2.25. The first kappa shape index (κ1) is 16.9. The van der Waals surface area contributed by atoms with Crippen molar-refractivity contribution in [2.45, 2.75) is 31.7 Å². The normalized spacial score (nSPS) is 16.5. The summed E-state index contributed by atoms with van der Waals surface area (Å²) in [5.74, 6) is -0.247. The van der Waals surface area contributed by atoms with E-state index >= 15 is 0 Å². The molecule has 2 fully saturated rings. The fourth-order valence-electron chi connectivity index (χ4n) is 3.43. The number of hydrogen-bond donors (Lipinski definition) is 2. The van der Waals surface area contributed by atoms with Crippen LogP contribution >= 0.6 is 0 Å². The lowest BCUT2D eigenvalue weighted by atomic mass is 10.3. The number of amides is 1. The lowest BCUT2D eigenvalue weighted by Gasteiger charge is -2.18. The van der Waals surface area contributed by atoms with Gasteiger partial charge in [0.05, 0.1) is 23.8 Å². The Morgan fingerprint density at radius 1 is 1.18 bits per heavy atom. The summed E-state index contributed by atoms with van der Waals surface area (Å²) in [5.41, 5.74) is 1.79. The van der Waals surface area contributed by atoms with Crippen LogP contribution in [0, 0.1) is 5.82 Å². The van der Waals surface area contributed by atoms with Crippen molar-refractivity contribution in [3.05, 3.63) is 42.2 Å². The van der Waals surface area contributed by atoms with Crippen molar-refractivity contribution in [3.63, 3.8) is 0 Å². The van der Waals surface area contributed by atoms with Crippen LogP contribution < -0.4 is 15.5 Å². The Kier molecular flexibility index (Phi) is 4.07. The zero-order valence-electron chi connectivity index (χ0n) is 15.2. The number of carbonyl (C=O) groups excluding carboxylic acids is 1. The third-order valence-corrected chi connectivity index (χ3v) is 5.08. The highest BCUT2D eigenvalue weighted by atomic mass is 19.1. The van der Waals surface area contributed by atoms with Gasteiger partial charge in [0, 0.05) is 31.4 Å². The van der Waals surface area contributed by atoms with Crippen LogP contribution in [0.3, 0.4) is 0 Å². The van der Waals surface area contributed by atoms with Gasteiger partial charge in [-0.3, -0.25) is 9.78 Å². The molecule has 0 aromatic carbocycles. The number of anilines is 3. The third kappa shape index (κ3) is 3.12. The number of carbonyl (C=O) groups is 1. The maximum absolute atomic E-state index is 13.9. The number of aromatic nitrogens is 4. The van der Waals surface area contributed by atoms with Gasteiger partial charge in [0.2, 0.25) is 0 Å². The van der Waals surface area contributed by atoms with Crippen LogP contribution in [-0.2, 0) is 0 Å². The molecule has 4 heterocycles. The monoisotopic (exact) mass is 381 g/mol. The van der Waals surface area contributed by atoms with Gasteiger partial charge in [0.25, 0.3) is 5.91 Å². The van der Waals surface area contributed by atoms with Crippen molar-refractivity contribution >= 4 is 28.7 Å². The Balaban J connectivity index is 1.54. The zero-order valence-corrected chi connectivity index (χ0v) is 15.2. The standard InChI is InChI=1S/C19H20FN7O/c20-13-10-21-6-5-14(13)24-19(28)16-11-22-18-15(23-12-3-4-12)9-17(25-27(16)18)26-7-1-2-8-26/h5-6,9-12,23H,1-4,7-8H2,(H,21,24,28). The SMILES string of the molecule is O=C(Nc1ccncc1F)c1cnc2c(NC3CC3)cc(N3CCCC3)nn12. The fourth-order valence-corrected chi connectivity index (χ4v) is 3.43. The molecule has 144 valence electrons. The van der Waals surface area contributed by atoms with Crippen LogP contribution in [-0.4, -0.2) is 44.6 Å². The average Bonchev–Trinajstić information content (AvgIpc) is 3.18. The van der Waals surface area contributed by atoms with Crippen LogP contribution in [0.4, 0.5) is 21.6 Å².